The average molecular weight is 395 g/mol. The molecule has 2 N–H and O–H groups in total. The Balaban J connectivity index is 1.73. The lowest BCUT2D eigenvalue weighted by atomic mass is 10.3. The van der Waals surface area contributed by atoms with E-state index in [0.717, 1.165) is 4.47 Å². The molecule has 8 heteroatoms. The lowest BCUT2D eigenvalue weighted by Gasteiger charge is -2.08. The molecule has 7 nitrogen and oxygen atoms in total. The highest BCUT2D eigenvalue weighted by atomic mass is 79.9. The maximum absolute atomic E-state index is 11.8. The summed E-state index contributed by atoms with van der Waals surface area (Å²) in [5, 5.41) is 5.01. The Bertz CT molecular complexity index is 756. The quantitative estimate of drug-likeness (QED) is 0.732. The molecule has 0 aliphatic heterocycles. The number of anilines is 1. The zero-order valence-electron chi connectivity index (χ0n) is 12.8. The van der Waals surface area contributed by atoms with E-state index in [9.17, 15) is 14.4 Å². The molecule has 2 amide bonds. The minimum Gasteiger partial charge on any atom is -0.469 e. The number of amides is 2. The molecule has 0 unspecified atom stereocenters. The Morgan fingerprint density at radius 3 is 2.58 bits per heavy atom. The Kier molecular flexibility index (Phi) is 6.14. The van der Waals surface area contributed by atoms with Crippen molar-refractivity contribution in [3.05, 3.63) is 52.4 Å². The second-order valence-corrected chi connectivity index (χ2v) is 5.63. The second-order valence-electron chi connectivity index (χ2n) is 4.77. The number of halogens is 1. The van der Waals surface area contributed by atoms with Crippen molar-refractivity contribution in [1.29, 1.82) is 0 Å². The Morgan fingerprint density at radius 2 is 1.92 bits per heavy atom. The van der Waals surface area contributed by atoms with Crippen LogP contribution in [0.1, 0.15) is 16.1 Å². The number of hydrogen-bond donors (Lipinski definition) is 2. The minimum atomic E-state index is -0.658. The summed E-state index contributed by atoms with van der Waals surface area (Å²) < 4.78 is 10.6. The number of carbonyl (C=O) groups excluding carboxylic acids is 3. The molecule has 0 fully saturated rings. The van der Waals surface area contributed by atoms with Crippen molar-refractivity contribution in [2.75, 3.05) is 18.5 Å². The third kappa shape index (κ3) is 4.95. The molecule has 126 valence electrons. The lowest BCUT2D eigenvalue weighted by Crippen LogP contribution is -2.35. The summed E-state index contributed by atoms with van der Waals surface area (Å²) in [4.78, 5) is 35.1. The van der Waals surface area contributed by atoms with Crippen LogP contribution in [-0.2, 0) is 14.3 Å². The number of carbonyl (C=O) groups is 3. The van der Waals surface area contributed by atoms with Crippen LogP contribution in [0.5, 0.6) is 0 Å². The van der Waals surface area contributed by atoms with Crippen molar-refractivity contribution in [3.8, 4) is 0 Å². The fraction of sp³-hybridized carbons (Fsp3) is 0.188. The predicted molar refractivity (Wildman–Crippen MR) is 89.5 cm³/mol. The molecule has 0 bridgehead atoms. The topological polar surface area (TPSA) is 97.6 Å². The molecule has 0 saturated carbocycles. The molecule has 0 aliphatic carbocycles. The van der Waals surface area contributed by atoms with Crippen LogP contribution in [-0.4, -0.2) is 30.9 Å². The normalized spacial score (nSPS) is 10.1. The molecule has 24 heavy (non-hydrogen) atoms. The standard InChI is InChI=1S/C16H15BrN2O5/c1-10-11(6-7-23-10)16(22)24-9-15(21)18-8-14(20)19-13-5-3-2-4-12(13)17/h2-7H,8-9H2,1H3,(H,18,21)(H,19,20). The molecule has 0 saturated heterocycles. The smallest absolute Gasteiger partial charge is 0.342 e. The van der Waals surface area contributed by atoms with E-state index in [1.807, 2.05) is 6.07 Å². The van der Waals surface area contributed by atoms with Crippen LogP contribution in [0.25, 0.3) is 0 Å². The fourth-order valence-electron chi connectivity index (χ4n) is 1.79. The number of benzene rings is 1. The minimum absolute atomic E-state index is 0.234. The van der Waals surface area contributed by atoms with Gasteiger partial charge in [-0.2, -0.15) is 0 Å². The fourth-order valence-corrected chi connectivity index (χ4v) is 2.18. The van der Waals surface area contributed by atoms with Crippen molar-refractivity contribution in [1.82, 2.24) is 5.32 Å². The number of para-hydroxylation sites is 1. The second kappa shape index (κ2) is 8.30. The first-order valence-corrected chi connectivity index (χ1v) is 7.79. The van der Waals surface area contributed by atoms with E-state index >= 15 is 0 Å². The number of rotatable bonds is 6. The number of ether oxygens (including phenoxy) is 1. The van der Waals surface area contributed by atoms with Crippen molar-refractivity contribution in [2.24, 2.45) is 0 Å². The largest absolute Gasteiger partial charge is 0.469 e. The average Bonchev–Trinajstić information content (AvgIpc) is 2.99. The monoisotopic (exact) mass is 394 g/mol. The summed E-state index contributed by atoms with van der Waals surface area (Å²) in [5.41, 5.74) is 0.855. The maximum atomic E-state index is 11.8. The summed E-state index contributed by atoms with van der Waals surface area (Å²) in [6.45, 7) is 0.900. The first-order valence-electron chi connectivity index (χ1n) is 6.99. The molecule has 1 aromatic heterocycles. The van der Waals surface area contributed by atoms with Gasteiger partial charge in [-0.3, -0.25) is 9.59 Å². The molecule has 0 aliphatic rings. The van der Waals surface area contributed by atoms with E-state index in [-0.39, 0.29) is 12.1 Å². The van der Waals surface area contributed by atoms with Gasteiger partial charge in [-0.15, -0.1) is 0 Å². The highest BCUT2D eigenvalue weighted by Crippen LogP contribution is 2.20. The lowest BCUT2D eigenvalue weighted by molar-refractivity contribution is -0.126. The summed E-state index contributed by atoms with van der Waals surface area (Å²) in [6.07, 6.45) is 1.36. The van der Waals surface area contributed by atoms with E-state index in [2.05, 4.69) is 26.6 Å². The van der Waals surface area contributed by atoms with E-state index in [0.29, 0.717) is 11.4 Å². The van der Waals surface area contributed by atoms with Crippen LogP contribution in [0.3, 0.4) is 0 Å². The first-order chi connectivity index (χ1) is 11.5. The van der Waals surface area contributed by atoms with Crippen molar-refractivity contribution in [3.63, 3.8) is 0 Å². The maximum Gasteiger partial charge on any atom is 0.342 e. The van der Waals surface area contributed by atoms with Crippen molar-refractivity contribution >= 4 is 39.4 Å². The molecule has 1 heterocycles. The van der Waals surface area contributed by atoms with Gasteiger partial charge in [-0.05, 0) is 41.1 Å². The van der Waals surface area contributed by atoms with Gasteiger partial charge in [0, 0.05) is 4.47 Å². The zero-order chi connectivity index (χ0) is 17.5. The number of esters is 1. The number of furan rings is 1. The van der Waals surface area contributed by atoms with E-state index in [1.54, 1.807) is 25.1 Å². The Hall–Kier alpha value is -2.61. The SMILES string of the molecule is Cc1occc1C(=O)OCC(=O)NCC(=O)Nc1ccccc1Br. The van der Waals surface area contributed by atoms with Crippen LogP contribution in [0, 0.1) is 6.92 Å². The van der Waals surface area contributed by atoms with Gasteiger partial charge in [-0.1, -0.05) is 12.1 Å². The molecule has 0 radical (unpaired) electrons. The molecule has 0 atom stereocenters. The third-order valence-corrected chi connectivity index (χ3v) is 3.70. The number of aryl methyl sites for hydroxylation is 1. The van der Waals surface area contributed by atoms with Crippen LogP contribution >= 0.6 is 15.9 Å². The van der Waals surface area contributed by atoms with Crippen LogP contribution in [0.2, 0.25) is 0 Å². The third-order valence-electron chi connectivity index (χ3n) is 3.01. The highest BCUT2D eigenvalue weighted by molar-refractivity contribution is 9.10. The molecule has 2 rings (SSSR count). The van der Waals surface area contributed by atoms with E-state index < -0.39 is 24.4 Å². The van der Waals surface area contributed by atoms with Gasteiger partial charge in [0.15, 0.2) is 6.61 Å². The van der Waals surface area contributed by atoms with Gasteiger partial charge in [-0.25, -0.2) is 4.79 Å². The molecular formula is C16H15BrN2O5. The zero-order valence-corrected chi connectivity index (χ0v) is 14.4. The highest BCUT2D eigenvalue weighted by Gasteiger charge is 2.15. The Labute approximate surface area is 146 Å². The predicted octanol–water partition coefficient (Wildman–Crippen LogP) is 2.26. The van der Waals surface area contributed by atoms with Crippen LogP contribution in [0.4, 0.5) is 5.69 Å². The van der Waals surface area contributed by atoms with Gasteiger partial charge in [0.2, 0.25) is 5.91 Å². The van der Waals surface area contributed by atoms with Crippen molar-refractivity contribution in [2.45, 2.75) is 6.92 Å². The summed E-state index contributed by atoms with van der Waals surface area (Å²) in [5.74, 6) is -1.22. The van der Waals surface area contributed by atoms with E-state index in [1.165, 1.54) is 12.3 Å². The molecule has 0 spiro atoms. The van der Waals surface area contributed by atoms with Gasteiger partial charge < -0.3 is 19.8 Å². The Morgan fingerprint density at radius 1 is 1.17 bits per heavy atom. The van der Waals surface area contributed by atoms with Gasteiger partial charge >= 0.3 is 5.97 Å². The summed E-state index contributed by atoms with van der Waals surface area (Å²) in [6, 6.07) is 8.55. The van der Waals surface area contributed by atoms with Gasteiger partial charge in [0.05, 0.1) is 18.5 Å². The van der Waals surface area contributed by atoms with Gasteiger partial charge in [0.25, 0.3) is 5.91 Å². The summed E-state index contributed by atoms with van der Waals surface area (Å²) in [7, 11) is 0. The first kappa shape index (κ1) is 17.7. The van der Waals surface area contributed by atoms with Crippen molar-refractivity contribution < 1.29 is 23.5 Å². The number of nitrogens with one attached hydrogen (secondary N) is 2. The molecule has 1 aromatic carbocycles. The van der Waals surface area contributed by atoms with Crippen LogP contribution < -0.4 is 10.6 Å². The number of hydrogen-bond acceptors (Lipinski definition) is 5. The summed E-state index contributed by atoms with van der Waals surface area (Å²) >= 11 is 3.30. The molecular weight excluding hydrogens is 380 g/mol. The van der Waals surface area contributed by atoms with E-state index in [4.69, 9.17) is 9.15 Å². The van der Waals surface area contributed by atoms with Crippen LogP contribution in [0.15, 0.2) is 45.5 Å². The molecule has 2 aromatic rings. The van der Waals surface area contributed by atoms with Gasteiger partial charge in [0.1, 0.15) is 11.3 Å².